The van der Waals surface area contributed by atoms with Gasteiger partial charge in [-0.3, -0.25) is 0 Å². The van der Waals surface area contributed by atoms with Crippen molar-refractivity contribution in [2.24, 2.45) is 0 Å². The Hall–Kier alpha value is -3.62. The van der Waals surface area contributed by atoms with Gasteiger partial charge >= 0.3 is 0 Å². The van der Waals surface area contributed by atoms with Crippen LogP contribution in [-0.4, -0.2) is 51.7 Å². The summed E-state index contributed by atoms with van der Waals surface area (Å²) < 4.78 is 0. The number of piperidine rings is 2. The van der Waals surface area contributed by atoms with Gasteiger partial charge in [-0.25, -0.2) is 5.48 Å². The highest BCUT2D eigenvalue weighted by Gasteiger charge is 2.20. The fraction of sp³-hybridized carbons (Fsp3) is 0.400. The van der Waals surface area contributed by atoms with Crippen LogP contribution in [0.5, 0.6) is 11.5 Å². The standard InChI is InChI=1S/C25H31N7O2.ClH.3H3N.H2O.4H2/c33-22-18-19(12-13-21(22)30-34-20-10-4-1-5-11-20)26-23-27-24(31-14-6-2-7-15-31)29-25(28-23)32-16-8-3-9-17-32;;;;;;;;;/h1,4-5,10-13,18,30,33H,2-3,6-9,14-17H2,(H,26,27,28,29);1H;3*1H3;1H2;4*1H. The number of halogens is 1. The van der Waals surface area contributed by atoms with Crippen LogP contribution < -0.4 is 43.9 Å². The minimum atomic E-state index is 0. The summed E-state index contributed by atoms with van der Waals surface area (Å²) in [7, 11) is 0. The number of nitrogens with one attached hydrogen (secondary N) is 2. The number of phenols is 1. The lowest BCUT2D eigenvalue weighted by atomic mass is 10.1. The van der Waals surface area contributed by atoms with E-state index in [4.69, 9.17) is 19.8 Å². The van der Waals surface area contributed by atoms with E-state index in [-0.39, 0.29) is 47.8 Å². The molecule has 0 amide bonds. The van der Waals surface area contributed by atoms with Gasteiger partial charge in [0.1, 0.15) is 11.4 Å². The Kier molecular flexibility index (Phi) is 15.5. The number of nitrogens with zero attached hydrogens (tertiary/aromatic N) is 5. The van der Waals surface area contributed by atoms with Gasteiger partial charge in [0.15, 0.2) is 5.75 Å². The highest BCUT2D eigenvalue weighted by atomic mass is 35.5. The average molecular weight is 575 g/mol. The molecule has 226 valence electrons. The largest absolute Gasteiger partial charge is 0.506 e. The highest BCUT2D eigenvalue weighted by Crippen LogP contribution is 2.29. The van der Waals surface area contributed by atoms with E-state index in [9.17, 15) is 5.11 Å². The van der Waals surface area contributed by atoms with Crippen molar-refractivity contribution in [2.75, 3.05) is 46.8 Å². The molecule has 13 nitrogen and oxygen atoms in total. The lowest BCUT2D eigenvalue weighted by Gasteiger charge is -2.30. The fourth-order valence-electron chi connectivity index (χ4n) is 4.31. The summed E-state index contributed by atoms with van der Waals surface area (Å²) in [5.74, 6) is 2.64. The molecule has 2 aliphatic heterocycles. The lowest BCUT2D eigenvalue weighted by Crippen LogP contribution is -2.34. The van der Waals surface area contributed by atoms with Crippen molar-refractivity contribution in [1.82, 2.24) is 33.4 Å². The number of hydrogen-bond donors (Lipinski definition) is 6. The molecule has 2 aliphatic rings. The van der Waals surface area contributed by atoms with Crippen LogP contribution in [-0.2, 0) is 0 Å². The molecule has 0 atom stereocenters. The molecule has 1 aromatic heterocycles. The number of benzene rings is 2. The number of aromatic nitrogens is 3. The first-order chi connectivity index (χ1) is 16.7. The van der Waals surface area contributed by atoms with Gasteiger partial charge in [-0.2, -0.15) is 15.0 Å². The first-order valence-electron chi connectivity index (χ1n) is 12.1. The lowest BCUT2D eigenvalue weighted by molar-refractivity contribution is 0.396. The average Bonchev–Trinajstić information content (AvgIpc) is 2.90. The molecule has 3 heterocycles. The Bertz CT molecular complexity index is 1080. The molecule has 0 bridgehead atoms. The summed E-state index contributed by atoms with van der Waals surface area (Å²) in [5, 5.41) is 13.8. The van der Waals surface area contributed by atoms with Crippen LogP contribution in [0.3, 0.4) is 0 Å². The number of para-hydroxylation sites is 1. The van der Waals surface area contributed by atoms with Crippen molar-refractivity contribution < 1.29 is 21.1 Å². The van der Waals surface area contributed by atoms with E-state index < -0.39 is 0 Å². The van der Waals surface area contributed by atoms with Crippen molar-refractivity contribution in [2.45, 2.75) is 38.5 Å². The third-order valence-corrected chi connectivity index (χ3v) is 6.17. The zero-order valence-corrected chi connectivity index (χ0v) is 23.1. The monoisotopic (exact) mass is 574 g/mol. The summed E-state index contributed by atoms with van der Waals surface area (Å²) in [6, 6.07) is 14.6. The normalized spacial score (nSPS) is 14.2. The number of phenolic OH excluding ortho intramolecular Hbond substituents is 1. The van der Waals surface area contributed by atoms with E-state index in [2.05, 4.69) is 20.6 Å². The van der Waals surface area contributed by atoms with Crippen LogP contribution in [0.25, 0.3) is 0 Å². The van der Waals surface area contributed by atoms with E-state index in [1.54, 1.807) is 12.1 Å². The first-order valence-corrected chi connectivity index (χ1v) is 12.1. The van der Waals surface area contributed by atoms with E-state index in [0.29, 0.717) is 23.1 Å². The van der Waals surface area contributed by atoms with Gasteiger partial charge in [0.05, 0.1) is 0 Å². The smallest absolute Gasteiger partial charge is 0.233 e. The van der Waals surface area contributed by atoms with E-state index in [0.717, 1.165) is 63.8 Å². The number of aromatic hydroxyl groups is 1. The minimum absolute atomic E-state index is 0. The van der Waals surface area contributed by atoms with Gasteiger partial charge < -0.3 is 49.0 Å². The first kappa shape index (κ1) is 35.4. The fourth-order valence-corrected chi connectivity index (χ4v) is 4.31. The maximum absolute atomic E-state index is 10.5. The molecule has 2 aromatic carbocycles. The van der Waals surface area contributed by atoms with E-state index >= 15 is 0 Å². The second-order valence-electron chi connectivity index (χ2n) is 8.73. The Morgan fingerprint density at radius 3 is 1.79 bits per heavy atom. The van der Waals surface area contributed by atoms with E-state index in [1.807, 2.05) is 36.4 Å². The third-order valence-electron chi connectivity index (χ3n) is 6.17. The van der Waals surface area contributed by atoms with Gasteiger partial charge in [0.2, 0.25) is 17.8 Å². The molecular formula is C25H51ClN10O3. The van der Waals surface area contributed by atoms with Crippen molar-refractivity contribution in [3.63, 3.8) is 0 Å². The molecule has 0 unspecified atom stereocenters. The molecule has 2 saturated heterocycles. The quantitative estimate of drug-likeness (QED) is 0.145. The van der Waals surface area contributed by atoms with Crippen LogP contribution in [0.15, 0.2) is 48.5 Å². The second-order valence-corrected chi connectivity index (χ2v) is 8.73. The van der Waals surface area contributed by atoms with Gasteiger partial charge in [0, 0.05) is 43.6 Å². The van der Waals surface area contributed by atoms with Crippen molar-refractivity contribution in [3.05, 3.63) is 48.5 Å². The zero-order valence-electron chi connectivity index (χ0n) is 22.3. The summed E-state index contributed by atoms with van der Waals surface area (Å²) in [6.07, 6.45) is 7.11. The number of hydrogen-bond acceptors (Lipinski definition) is 12. The molecule has 39 heavy (non-hydrogen) atoms. The van der Waals surface area contributed by atoms with Gasteiger partial charge in [-0.15, -0.1) is 12.4 Å². The predicted molar refractivity (Wildman–Crippen MR) is 168 cm³/mol. The Labute approximate surface area is 241 Å². The third kappa shape index (κ3) is 9.26. The molecule has 0 aliphatic carbocycles. The molecular weight excluding hydrogens is 524 g/mol. The van der Waals surface area contributed by atoms with E-state index in [1.165, 1.54) is 12.8 Å². The SMILES string of the molecule is Cl.N.N.N.O.Oc1cc(Nc2nc(N3CCCCC3)nc(N3CCCCC3)n2)ccc1NOc1ccccc1.[HH].[HH].[HH].[HH]. The number of anilines is 5. The Morgan fingerprint density at radius 2 is 1.28 bits per heavy atom. The Balaban J connectivity index is -0.000000535. The molecule has 0 saturated carbocycles. The maximum atomic E-state index is 10.5. The van der Waals surface area contributed by atoms with Crippen molar-refractivity contribution in [3.8, 4) is 11.5 Å². The van der Waals surface area contributed by atoms with Gasteiger partial charge in [0.25, 0.3) is 0 Å². The van der Waals surface area contributed by atoms with Crippen LogP contribution >= 0.6 is 12.4 Å². The predicted octanol–water partition coefficient (Wildman–Crippen LogP) is 5.77. The highest BCUT2D eigenvalue weighted by molar-refractivity contribution is 5.85. The van der Waals surface area contributed by atoms with Crippen LogP contribution in [0.4, 0.5) is 29.2 Å². The topological polar surface area (TPSA) is 235 Å². The maximum Gasteiger partial charge on any atom is 0.233 e. The van der Waals surface area contributed by atoms with Crippen molar-refractivity contribution >= 4 is 41.6 Å². The summed E-state index contributed by atoms with van der Waals surface area (Å²) in [4.78, 5) is 24.3. The van der Waals surface area contributed by atoms with Gasteiger partial charge in [-0.05, 0) is 62.8 Å². The van der Waals surface area contributed by atoms with Crippen molar-refractivity contribution in [1.29, 1.82) is 0 Å². The zero-order chi connectivity index (χ0) is 23.2. The van der Waals surface area contributed by atoms with Gasteiger partial charge in [-0.1, -0.05) is 18.2 Å². The van der Waals surface area contributed by atoms with Crippen LogP contribution in [0.1, 0.15) is 44.2 Å². The molecule has 14 N–H and O–H groups in total. The summed E-state index contributed by atoms with van der Waals surface area (Å²) in [5.41, 5.74) is 3.94. The molecule has 14 heteroatoms. The molecule has 3 aromatic rings. The molecule has 0 spiro atoms. The Morgan fingerprint density at radius 1 is 0.744 bits per heavy atom. The van der Waals surface area contributed by atoms with Crippen LogP contribution in [0, 0.1) is 0 Å². The summed E-state index contributed by atoms with van der Waals surface area (Å²) in [6.45, 7) is 3.86. The molecule has 5 rings (SSSR count). The second kappa shape index (κ2) is 17.1. The minimum Gasteiger partial charge on any atom is -0.506 e. The van der Waals surface area contributed by atoms with Crippen LogP contribution in [0.2, 0.25) is 0 Å². The molecule has 2 fully saturated rings. The summed E-state index contributed by atoms with van der Waals surface area (Å²) >= 11 is 0. The molecule has 0 radical (unpaired) electrons. The number of rotatable bonds is 7.